The van der Waals surface area contributed by atoms with E-state index in [4.69, 9.17) is 0 Å². The smallest absolute Gasteiger partial charge is 0.303 e. The lowest BCUT2D eigenvalue weighted by Crippen LogP contribution is -2.54. The second-order valence-electron chi connectivity index (χ2n) is 3.04. The molecule has 0 spiro atoms. The lowest BCUT2D eigenvalue weighted by molar-refractivity contribution is -0.184. The molecule has 5 heteroatoms. The maximum Gasteiger partial charge on any atom is 0.407 e. The van der Waals surface area contributed by atoms with Crippen LogP contribution < -0.4 is 5.32 Å². The molecule has 1 atom stereocenters. The summed E-state index contributed by atoms with van der Waals surface area (Å²) in [4.78, 5) is 0. The van der Waals surface area contributed by atoms with Crippen molar-refractivity contribution in [2.24, 2.45) is 0 Å². The van der Waals surface area contributed by atoms with E-state index in [9.17, 15) is 13.2 Å². The van der Waals surface area contributed by atoms with Crippen molar-refractivity contribution in [3.05, 3.63) is 0 Å². The minimum Gasteiger partial charge on any atom is -0.303 e. The van der Waals surface area contributed by atoms with Gasteiger partial charge >= 0.3 is 6.18 Å². The summed E-state index contributed by atoms with van der Waals surface area (Å²) in [5, 5.41) is 2.57. The summed E-state index contributed by atoms with van der Waals surface area (Å²) in [6.45, 7) is 0.486. The molecule has 1 aliphatic heterocycles. The van der Waals surface area contributed by atoms with Crippen molar-refractivity contribution >= 4 is 11.8 Å². The van der Waals surface area contributed by atoms with Crippen molar-refractivity contribution < 1.29 is 13.2 Å². The second-order valence-corrected chi connectivity index (χ2v) is 3.91. The minimum atomic E-state index is -4.10. The van der Waals surface area contributed by atoms with E-state index in [2.05, 4.69) is 5.32 Å². The average Bonchev–Trinajstić information content (AvgIpc) is 2.36. The number of rotatable bonds is 2. The summed E-state index contributed by atoms with van der Waals surface area (Å²) in [6, 6.07) is 0. The van der Waals surface area contributed by atoms with Crippen LogP contribution in [0.3, 0.4) is 0 Å². The highest BCUT2D eigenvalue weighted by Crippen LogP contribution is 2.38. The molecule has 0 aromatic rings. The van der Waals surface area contributed by atoms with Gasteiger partial charge in [-0.15, -0.1) is 0 Å². The normalized spacial score (nSPS) is 31.0. The molecule has 0 aromatic carbocycles. The third-order valence-corrected chi connectivity index (χ3v) is 2.96. The SMILES string of the molecule is CSCC1(C(F)(F)F)CCCN1. The predicted molar refractivity (Wildman–Crippen MR) is 44.4 cm³/mol. The highest BCUT2D eigenvalue weighted by Gasteiger charge is 2.55. The molecule has 1 fully saturated rings. The van der Waals surface area contributed by atoms with E-state index in [0.29, 0.717) is 13.0 Å². The van der Waals surface area contributed by atoms with Crippen molar-refractivity contribution in [3.8, 4) is 0 Å². The summed E-state index contributed by atoms with van der Waals surface area (Å²) in [5.74, 6) is 0.122. The molecule has 1 saturated heterocycles. The van der Waals surface area contributed by atoms with Gasteiger partial charge < -0.3 is 5.32 Å². The molecular weight excluding hydrogens is 187 g/mol. The molecule has 0 aliphatic carbocycles. The van der Waals surface area contributed by atoms with Gasteiger partial charge in [-0.1, -0.05) is 0 Å². The second kappa shape index (κ2) is 3.46. The first-order valence-electron chi connectivity index (χ1n) is 3.82. The Balaban J connectivity index is 2.72. The van der Waals surface area contributed by atoms with E-state index in [1.54, 1.807) is 6.26 Å². The maximum atomic E-state index is 12.5. The molecule has 0 radical (unpaired) electrons. The molecule has 1 heterocycles. The molecule has 1 nitrogen and oxygen atoms in total. The number of hydrogen-bond donors (Lipinski definition) is 1. The zero-order valence-electron chi connectivity index (χ0n) is 6.87. The van der Waals surface area contributed by atoms with Gasteiger partial charge in [-0.05, 0) is 25.6 Å². The van der Waals surface area contributed by atoms with Gasteiger partial charge in [-0.3, -0.25) is 0 Å². The van der Waals surface area contributed by atoms with Crippen LogP contribution in [0.1, 0.15) is 12.8 Å². The van der Waals surface area contributed by atoms with E-state index in [1.807, 2.05) is 0 Å². The Kier molecular flexibility index (Phi) is 2.93. The standard InChI is InChI=1S/C7H12F3NS/c1-12-5-6(7(8,9)10)3-2-4-11-6/h11H,2-5H2,1H3. The van der Waals surface area contributed by atoms with Crippen LogP contribution in [0.5, 0.6) is 0 Å². The zero-order chi connectivity index (χ0) is 9.24. The largest absolute Gasteiger partial charge is 0.407 e. The van der Waals surface area contributed by atoms with Crippen molar-refractivity contribution in [1.82, 2.24) is 5.32 Å². The number of alkyl halides is 3. The third kappa shape index (κ3) is 1.71. The molecule has 1 rings (SSSR count). The van der Waals surface area contributed by atoms with Crippen LogP contribution in [-0.4, -0.2) is 30.3 Å². The Morgan fingerprint density at radius 1 is 1.50 bits per heavy atom. The van der Waals surface area contributed by atoms with E-state index in [1.165, 1.54) is 11.8 Å². The maximum absolute atomic E-state index is 12.5. The van der Waals surface area contributed by atoms with Crippen molar-refractivity contribution in [3.63, 3.8) is 0 Å². The van der Waals surface area contributed by atoms with E-state index >= 15 is 0 Å². The summed E-state index contributed by atoms with van der Waals surface area (Å²) < 4.78 is 37.6. The van der Waals surface area contributed by atoms with Crippen molar-refractivity contribution in [2.45, 2.75) is 24.6 Å². The molecule has 1 aliphatic rings. The Labute approximate surface area is 74.1 Å². The summed E-state index contributed by atoms with van der Waals surface area (Å²) in [7, 11) is 0. The summed E-state index contributed by atoms with van der Waals surface area (Å²) >= 11 is 1.24. The highest BCUT2D eigenvalue weighted by atomic mass is 32.2. The fourth-order valence-electron chi connectivity index (χ4n) is 1.50. The quantitative estimate of drug-likeness (QED) is 0.730. The van der Waals surface area contributed by atoms with Crippen LogP contribution >= 0.6 is 11.8 Å². The molecule has 0 amide bonds. The third-order valence-electron chi connectivity index (χ3n) is 2.18. The zero-order valence-corrected chi connectivity index (χ0v) is 7.69. The van der Waals surface area contributed by atoms with Gasteiger partial charge in [0.15, 0.2) is 0 Å². The molecule has 0 bridgehead atoms. The van der Waals surface area contributed by atoms with Crippen LogP contribution in [-0.2, 0) is 0 Å². The predicted octanol–water partition coefficient (Wildman–Crippen LogP) is 2.03. The van der Waals surface area contributed by atoms with E-state index in [0.717, 1.165) is 0 Å². The van der Waals surface area contributed by atoms with Gasteiger partial charge in [0.2, 0.25) is 0 Å². The molecular formula is C7H12F3NS. The monoisotopic (exact) mass is 199 g/mol. The van der Waals surface area contributed by atoms with E-state index < -0.39 is 11.7 Å². The van der Waals surface area contributed by atoms with Crippen LogP contribution in [0.25, 0.3) is 0 Å². The fourth-order valence-corrected chi connectivity index (χ4v) is 2.40. The van der Waals surface area contributed by atoms with Gasteiger partial charge in [0.05, 0.1) is 0 Å². The summed E-state index contributed by atoms with van der Waals surface area (Å²) in [5.41, 5.74) is -1.60. The Morgan fingerprint density at radius 2 is 2.17 bits per heavy atom. The van der Waals surface area contributed by atoms with Crippen LogP contribution in [0.2, 0.25) is 0 Å². The Hall–Kier alpha value is 0.1000. The van der Waals surface area contributed by atoms with Gasteiger partial charge in [0.25, 0.3) is 0 Å². The first kappa shape index (κ1) is 10.2. The molecule has 0 aromatic heterocycles. The van der Waals surface area contributed by atoms with Gasteiger partial charge in [0, 0.05) is 5.75 Å². The lowest BCUT2D eigenvalue weighted by atomic mass is 10.00. The Bertz CT molecular complexity index is 151. The van der Waals surface area contributed by atoms with Gasteiger partial charge in [-0.2, -0.15) is 24.9 Å². The van der Waals surface area contributed by atoms with Crippen molar-refractivity contribution in [2.75, 3.05) is 18.6 Å². The van der Waals surface area contributed by atoms with Crippen molar-refractivity contribution in [1.29, 1.82) is 0 Å². The molecule has 1 N–H and O–H groups in total. The molecule has 1 unspecified atom stereocenters. The number of hydrogen-bond acceptors (Lipinski definition) is 2. The van der Waals surface area contributed by atoms with Crippen LogP contribution in [0.4, 0.5) is 13.2 Å². The molecule has 12 heavy (non-hydrogen) atoms. The molecule has 72 valence electrons. The highest BCUT2D eigenvalue weighted by molar-refractivity contribution is 7.98. The fraction of sp³-hybridized carbons (Fsp3) is 1.00. The summed E-state index contributed by atoms with van der Waals surface area (Å²) in [6.07, 6.45) is -1.56. The minimum absolute atomic E-state index is 0.122. The lowest BCUT2D eigenvalue weighted by Gasteiger charge is -2.31. The van der Waals surface area contributed by atoms with Crippen LogP contribution in [0, 0.1) is 0 Å². The first-order chi connectivity index (χ1) is 5.52. The Morgan fingerprint density at radius 3 is 2.50 bits per heavy atom. The number of halogens is 3. The number of thioether (sulfide) groups is 1. The van der Waals surface area contributed by atoms with Gasteiger partial charge in [-0.25, -0.2) is 0 Å². The molecule has 0 saturated carbocycles. The number of nitrogens with one attached hydrogen (secondary N) is 1. The topological polar surface area (TPSA) is 12.0 Å². The first-order valence-corrected chi connectivity index (χ1v) is 5.22. The van der Waals surface area contributed by atoms with Gasteiger partial charge in [0.1, 0.15) is 5.54 Å². The van der Waals surface area contributed by atoms with E-state index in [-0.39, 0.29) is 12.2 Å². The van der Waals surface area contributed by atoms with Crippen LogP contribution in [0.15, 0.2) is 0 Å². The average molecular weight is 199 g/mol.